The lowest BCUT2D eigenvalue weighted by atomic mass is 9.78. The fraction of sp³-hybridized carbons (Fsp3) is 0.600. The summed E-state index contributed by atoms with van der Waals surface area (Å²) in [6.07, 6.45) is -24.0. The Hall–Kier alpha value is -7.83. The molecule has 4 saturated heterocycles. The zero-order valence-corrected chi connectivity index (χ0v) is 58.6. The van der Waals surface area contributed by atoms with E-state index in [-0.39, 0.29) is 85.5 Å². The van der Waals surface area contributed by atoms with Crippen LogP contribution in [0.5, 0.6) is 0 Å². The first-order valence-electron chi connectivity index (χ1n) is 35.6. The minimum Gasteiger partial charge on any atom is -0.394 e. The largest absolute Gasteiger partial charge is 0.394 e. The molecule has 6 fully saturated rings. The number of benzene rings is 3. The number of aryl methyl sites for hydroxylation is 1. The molecule has 6 aliphatic rings. The van der Waals surface area contributed by atoms with Crippen LogP contribution >= 0.6 is 0 Å². The van der Waals surface area contributed by atoms with E-state index in [0.717, 1.165) is 21.9 Å². The van der Waals surface area contributed by atoms with Gasteiger partial charge in [0.25, 0.3) is 5.91 Å². The van der Waals surface area contributed by atoms with Gasteiger partial charge in [-0.05, 0) is 88.6 Å². The number of nitrogens with one attached hydrogen (secondary N) is 2. The first kappa shape index (κ1) is 78.7. The van der Waals surface area contributed by atoms with Gasteiger partial charge in [0.15, 0.2) is 48.0 Å². The number of aliphatic hydroxyl groups excluding tert-OH is 9. The fourth-order valence-corrected chi connectivity index (χ4v) is 14.8. The Balaban J connectivity index is 0.811. The number of likely N-dealkylation sites (tertiary alicyclic amines) is 1. The molecule has 32 nitrogen and oxygen atoms in total. The minimum atomic E-state index is -1.90. The molecule has 24 atom stereocenters. The first-order chi connectivity index (χ1) is 51.2. The molecule has 6 aromatic rings. The average Bonchev–Trinajstić information content (AvgIpc) is 1.74. The van der Waals surface area contributed by atoms with Crippen molar-refractivity contribution >= 4 is 23.5 Å². The maximum atomic E-state index is 15.1. The molecule has 582 valence electrons. The van der Waals surface area contributed by atoms with Crippen molar-refractivity contribution in [3.8, 4) is 33.8 Å². The highest BCUT2D eigenvalue weighted by atomic mass is 19.2. The molecule has 0 radical (unpaired) electrons. The summed E-state index contributed by atoms with van der Waals surface area (Å²) in [5, 5.41) is 133. The van der Waals surface area contributed by atoms with Gasteiger partial charge in [-0.15, -0.1) is 15.3 Å². The number of hydrogen-bond donors (Lipinski definition) is 11. The van der Waals surface area contributed by atoms with Gasteiger partial charge in [-0.25, -0.2) is 36.0 Å². The summed E-state index contributed by atoms with van der Waals surface area (Å²) in [6, 6.07) is 7.12. The number of amides is 3. The molecular weight excluding hydrogens is 1420 g/mol. The van der Waals surface area contributed by atoms with E-state index in [1.54, 1.807) is 41.4 Å². The number of aliphatic hydroxyl groups is 9. The van der Waals surface area contributed by atoms with E-state index in [1.165, 1.54) is 43.9 Å². The van der Waals surface area contributed by atoms with Gasteiger partial charge in [0, 0.05) is 61.5 Å². The molecule has 7 heterocycles. The molecule has 0 bridgehead atoms. The number of nitrogens with zero attached hydrogens (tertiary/aromatic N) is 10. The third kappa shape index (κ3) is 17.0. The summed E-state index contributed by atoms with van der Waals surface area (Å²) in [5.74, 6) is -11.3. The summed E-state index contributed by atoms with van der Waals surface area (Å²) >= 11 is 0. The second-order valence-electron chi connectivity index (χ2n) is 28.1. The Morgan fingerprint density at radius 3 is 1.81 bits per heavy atom. The predicted octanol–water partition coefficient (Wildman–Crippen LogP) is 0.927. The maximum Gasteiger partial charge on any atom is 0.251 e. The number of rotatable bonds is 26. The third-order valence-corrected chi connectivity index (χ3v) is 20.8. The SMILES string of the molecule is CCC[C@H](OC1C(NC(C)=O)[C@H](O[C@@H]2CC(C(=O)CCCNC(=O)[C@H]3CC(n4cc(-c5cc(F)c(F)c(F)c5)nn4)C(O)[C@H](O[C@@H]4OC(CO)[C@H](O)C(n5cc(-c6cc(C)c(F)c(F)c6)nn5)[C@H]4O)C3)CC(n3cc(-c4ccccc4)nn3)[C@H]2O[C@@H]2OC(C)[C@@H](O)[C@H](O)C2O)O[C@@H](CO)[C@@H]1O)C(=O)N1CCC1. The smallest absolute Gasteiger partial charge is 0.251 e. The van der Waals surface area contributed by atoms with Crippen LogP contribution in [-0.4, -0.2) is 269 Å². The summed E-state index contributed by atoms with van der Waals surface area (Å²) in [7, 11) is 0. The van der Waals surface area contributed by atoms with E-state index in [0.29, 0.717) is 42.9 Å². The first-order valence-corrected chi connectivity index (χ1v) is 35.6. The highest BCUT2D eigenvalue weighted by Crippen LogP contribution is 2.44. The van der Waals surface area contributed by atoms with Crippen LogP contribution in [0.4, 0.5) is 22.0 Å². The van der Waals surface area contributed by atoms with E-state index in [2.05, 4.69) is 41.6 Å². The molecule has 10 unspecified atom stereocenters. The van der Waals surface area contributed by atoms with Gasteiger partial charge in [0.2, 0.25) is 11.8 Å². The van der Waals surface area contributed by atoms with Crippen molar-refractivity contribution in [2.45, 2.75) is 220 Å². The number of aromatic nitrogens is 9. The number of Topliss-reactive ketones (excluding diaryl/α,β-unsaturated/α-hetero) is 1. The molecule has 11 N–H and O–H groups in total. The van der Waals surface area contributed by atoms with Crippen LogP contribution in [0.15, 0.2) is 73.2 Å². The zero-order valence-electron chi connectivity index (χ0n) is 58.6. The lowest BCUT2D eigenvalue weighted by molar-refractivity contribution is -0.337. The van der Waals surface area contributed by atoms with E-state index in [4.69, 9.17) is 33.2 Å². The van der Waals surface area contributed by atoms with E-state index in [9.17, 15) is 82.3 Å². The maximum absolute atomic E-state index is 15.1. The number of hydrogen-bond acceptors (Lipinski definition) is 26. The van der Waals surface area contributed by atoms with E-state index >= 15 is 4.79 Å². The number of halogens is 5. The van der Waals surface area contributed by atoms with E-state index < -0.39 is 206 Å². The minimum absolute atomic E-state index is 0.00717. The molecule has 4 aliphatic heterocycles. The molecule has 3 aromatic heterocycles. The van der Waals surface area contributed by atoms with Crippen LogP contribution in [0, 0.1) is 47.8 Å². The number of carbonyl (C=O) groups is 4. The van der Waals surface area contributed by atoms with Crippen LogP contribution in [0.1, 0.15) is 102 Å². The Morgan fingerprint density at radius 1 is 0.617 bits per heavy atom. The van der Waals surface area contributed by atoms with Crippen molar-refractivity contribution in [2.24, 2.45) is 11.8 Å². The van der Waals surface area contributed by atoms with Crippen molar-refractivity contribution < 1.29 is 120 Å². The molecule has 0 spiro atoms. The summed E-state index contributed by atoms with van der Waals surface area (Å²) in [6.45, 7) is 4.89. The molecule has 2 aliphatic carbocycles. The Kier molecular flexibility index (Phi) is 25.0. The molecule has 3 aromatic carbocycles. The van der Waals surface area contributed by atoms with Crippen molar-refractivity contribution in [3.63, 3.8) is 0 Å². The molecular formula is C70H87F5N12O20. The van der Waals surface area contributed by atoms with Crippen LogP contribution in [-0.2, 0) is 52.3 Å². The van der Waals surface area contributed by atoms with Crippen molar-refractivity contribution in [1.82, 2.24) is 60.5 Å². The van der Waals surface area contributed by atoms with Crippen molar-refractivity contribution in [1.29, 1.82) is 0 Å². The molecule has 3 amide bonds. The van der Waals surface area contributed by atoms with Gasteiger partial charge in [0.1, 0.15) is 108 Å². The normalized spacial score (nSPS) is 32.8. The standard InChI is InChI=1S/C70H87F5N12O20/c1-5-11-48(67(100)84-16-10-17-84)102-65-55(77-33(4)90)68(105-52(30-89)60(65)95)104-50-24-37(22-46(86-26-42(78-82-86)34-12-7-6-8-13-34)64(50)107-70-63(98)62(97)57(92)32(3)101-70)47(91)14-9-15-76-66(99)38-23-45(85-27-43(79-81-85)36-20-40(72)54(75)41(73)21-36)58(93)49(25-38)103-69-61(96)56(59(94)51(29-88)106-69)87-28-44(80-83-87)35-18-31(2)53(74)39(71)19-35/h6-8,12-13,18-21,26-28,32,37-38,45-46,48-52,55-65,68-70,88-89,92-98H,5,9-11,14-17,22-25,29-30H2,1-4H3,(H,76,99)(H,77,90)/t32?,37?,38-,45?,46?,48-,49+,50+,51?,52-,55?,56?,57+,58?,59-,60-,61+,62-,63?,64+,65?,68+,69+,70-/m0/s1. The fourth-order valence-electron chi connectivity index (χ4n) is 14.8. The summed E-state index contributed by atoms with van der Waals surface area (Å²) in [4.78, 5) is 58.6. The topological polar surface area (TPSA) is 434 Å². The van der Waals surface area contributed by atoms with Gasteiger partial charge < -0.3 is 94.7 Å². The summed E-state index contributed by atoms with van der Waals surface area (Å²) < 4.78 is 120. The predicted molar refractivity (Wildman–Crippen MR) is 356 cm³/mol. The Morgan fingerprint density at radius 2 is 1.19 bits per heavy atom. The summed E-state index contributed by atoms with van der Waals surface area (Å²) in [5.41, 5.74) is 0.614. The van der Waals surface area contributed by atoms with Crippen LogP contribution in [0.25, 0.3) is 33.8 Å². The van der Waals surface area contributed by atoms with Gasteiger partial charge >= 0.3 is 0 Å². The monoisotopic (exact) mass is 1510 g/mol. The van der Waals surface area contributed by atoms with Crippen LogP contribution < -0.4 is 10.6 Å². The quantitative estimate of drug-likeness (QED) is 0.0204. The van der Waals surface area contributed by atoms with Gasteiger partial charge in [-0.3, -0.25) is 19.2 Å². The number of ether oxygens (including phenoxy) is 7. The van der Waals surface area contributed by atoms with Crippen molar-refractivity contribution in [3.05, 3.63) is 108 Å². The van der Waals surface area contributed by atoms with Crippen LogP contribution in [0.2, 0.25) is 0 Å². The lowest BCUT2D eigenvalue weighted by Crippen LogP contribution is -2.67. The van der Waals surface area contributed by atoms with Gasteiger partial charge in [-0.1, -0.05) is 59.3 Å². The average molecular weight is 1510 g/mol. The van der Waals surface area contributed by atoms with Gasteiger partial charge in [0.05, 0.1) is 62.2 Å². The van der Waals surface area contributed by atoms with Gasteiger partial charge in [-0.2, -0.15) is 0 Å². The van der Waals surface area contributed by atoms with Crippen molar-refractivity contribution in [2.75, 3.05) is 32.8 Å². The Bertz CT molecular complexity index is 4030. The number of carbonyl (C=O) groups excluding carboxylic acids is 4. The lowest BCUT2D eigenvalue weighted by Gasteiger charge is -2.49. The molecule has 12 rings (SSSR count). The van der Waals surface area contributed by atoms with Crippen LogP contribution in [0.3, 0.4) is 0 Å². The Labute approximate surface area is 608 Å². The highest BCUT2D eigenvalue weighted by molar-refractivity contribution is 5.82. The van der Waals surface area contributed by atoms with E-state index in [1.807, 2.05) is 6.92 Å². The molecule has 2 saturated carbocycles. The second-order valence-corrected chi connectivity index (χ2v) is 28.1. The third-order valence-electron chi connectivity index (χ3n) is 20.8. The zero-order chi connectivity index (χ0) is 76.4. The molecule has 37 heteroatoms. The second kappa shape index (κ2) is 34.0. The number of ketones is 1. The molecule has 107 heavy (non-hydrogen) atoms. The highest BCUT2D eigenvalue weighted by Gasteiger charge is 2.55.